The Morgan fingerprint density at radius 3 is 2.44 bits per heavy atom. The second-order valence-corrected chi connectivity index (χ2v) is 6.82. The average molecular weight is 347 g/mol. The third-order valence-corrected chi connectivity index (χ3v) is 4.96. The number of primary amides is 1. The average Bonchev–Trinajstić information content (AvgIpc) is 2.62. The highest BCUT2D eigenvalue weighted by atomic mass is 16.5. The monoisotopic (exact) mass is 347 g/mol. The van der Waals surface area contributed by atoms with Gasteiger partial charge in [-0.2, -0.15) is 0 Å². The van der Waals surface area contributed by atoms with E-state index in [9.17, 15) is 9.59 Å². The SMILES string of the molecule is Cc1ccc(OCCN(C)C(C)C(=O)N2CCC(C(N)=O)CC2)cc1. The van der Waals surface area contributed by atoms with Crippen LogP contribution in [0.3, 0.4) is 0 Å². The summed E-state index contributed by atoms with van der Waals surface area (Å²) in [6.45, 7) is 6.35. The number of aryl methyl sites for hydroxylation is 1. The lowest BCUT2D eigenvalue weighted by atomic mass is 9.96. The van der Waals surface area contributed by atoms with Crippen LogP contribution < -0.4 is 10.5 Å². The first-order valence-corrected chi connectivity index (χ1v) is 8.86. The molecule has 0 radical (unpaired) electrons. The molecule has 1 saturated heterocycles. The first-order valence-electron chi connectivity index (χ1n) is 8.86. The van der Waals surface area contributed by atoms with Gasteiger partial charge in [-0.3, -0.25) is 14.5 Å². The summed E-state index contributed by atoms with van der Waals surface area (Å²) in [4.78, 5) is 27.7. The Balaban J connectivity index is 1.75. The maximum atomic E-state index is 12.6. The van der Waals surface area contributed by atoms with E-state index in [1.54, 1.807) is 0 Å². The molecule has 1 fully saturated rings. The molecule has 2 rings (SSSR count). The lowest BCUT2D eigenvalue weighted by Crippen LogP contribution is -2.50. The third-order valence-electron chi connectivity index (χ3n) is 4.96. The minimum atomic E-state index is -0.259. The summed E-state index contributed by atoms with van der Waals surface area (Å²) in [5.74, 6) is 0.581. The number of carbonyl (C=O) groups is 2. The number of likely N-dealkylation sites (N-methyl/N-ethyl adjacent to an activating group) is 1. The Hall–Kier alpha value is -2.08. The summed E-state index contributed by atoms with van der Waals surface area (Å²) < 4.78 is 5.73. The minimum Gasteiger partial charge on any atom is -0.492 e. The Bertz CT molecular complexity index is 580. The maximum Gasteiger partial charge on any atom is 0.239 e. The van der Waals surface area contributed by atoms with Crippen LogP contribution in [-0.4, -0.2) is 60.9 Å². The van der Waals surface area contributed by atoms with Gasteiger partial charge in [0.15, 0.2) is 0 Å². The molecule has 2 N–H and O–H groups in total. The van der Waals surface area contributed by atoms with E-state index >= 15 is 0 Å². The molecule has 6 nitrogen and oxygen atoms in total. The molecule has 1 aromatic carbocycles. The predicted octanol–water partition coefficient (Wildman–Crippen LogP) is 1.42. The number of piperidine rings is 1. The van der Waals surface area contributed by atoms with E-state index < -0.39 is 0 Å². The smallest absolute Gasteiger partial charge is 0.239 e. The molecule has 6 heteroatoms. The van der Waals surface area contributed by atoms with Crippen molar-refractivity contribution < 1.29 is 14.3 Å². The molecule has 0 aromatic heterocycles. The highest BCUT2D eigenvalue weighted by Crippen LogP contribution is 2.18. The standard InChI is InChI=1S/C19H29N3O3/c1-14-4-6-17(7-5-14)25-13-12-21(3)15(2)19(24)22-10-8-16(9-11-22)18(20)23/h4-7,15-16H,8-13H2,1-3H3,(H2,20,23). The molecule has 1 unspecified atom stereocenters. The lowest BCUT2D eigenvalue weighted by Gasteiger charge is -2.34. The van der Waals surface area contributed by atoms with Gasteiger partial charge in [-0.15, -0.1) is 0 Å². The largest absolute Gasteiger partial charge is 0.492 e. The van der Waals surface area contributed by atoms with Gasteiger partial charge in [0.05, 0.1) is 6.04 Å². The highest BCUT2D eigenvalue weighted by Gasteiger charge is 2.29. The van der Waals surface area contributed by atoms with Gasteiger partial charge in [-0.05, 0) is 45.9 Å². The van der Waals surface area contributed by atoms with Gasteiger partial charge in [0.25, 0.3) is 0 Å². The summed E-state index contributed by atoms with van der Waals surface area (Å²) in [5.41, 5.74) is 6.54. The maximum absolute atomic E-state index is 12.6. The quantitative estimate of drug-likeness (QED) is 0.809. The Morgan fingerprint density at radius 2 is 1.88 bits per heavy atom. The number of amides is 2. The van der Waals surface area contributed by atoms with Gasteiger partial charge in [-0.1, -0.05) is 17.7 Å². The van der Waals surface area contributed by atoms with Crippen LogP contribution in [0.15, 0.2) is 24.3 Å². The van der Waals surface area contributed by atoms with Crippen molar-refractivity contribution in [3.63, 3.8) is 0 Å². The van der Waals surface area contributed by atoms with E-state index in [2.05, 4.69) is 0 Å². The summed E-state index contributed by atoms with van der Waals surface area (Å²) in [6.07, 6.45) is 1.32. The summed E-state index contributed by atoms with van der Waals surface area (Å²) in [6, 6.07) is 7.72. The van der Waals surface area contributed by atoms with Crippen molar-refractivity contribution in [2.45, 2.75) is 32.7 Å². The van der Waals surface area contributed by atoms with Crippen LogP contribution in [-0.2, 0) is 9.59 Å². The van der Waals surface area contributed by atoms with Crippen LogP contribution >= 0.6 is 0 Å². The fourth-order valence-corrected chi connectivity index (χ4v) is 2.97. The third kappa shape index (κ3) is 5.46. The van der Waals surface area contributed by atoms with E-state index in [1.165, 1.54) is 5.56 Å². The zero-order valence-electron chi connectivity index (χ0n) is 15.4. The molecular formula is C19H29N3O3. The molecule has 1 atom stereocenters. The fraction of sp³-hybridized carbons (Fsp3) is 0.579. The second kappa shape index (κ2) is 8.85. The fourth-order valence-electron chi connectivity index (χ4n) is 2.97. The van der Waals surface area contributed by atoms with Gasteiger partial charge < -0.3 is 15.4 Å². The van der Waals surface area contributed by atoms with Crippen LogP contribution in [0.2, 0.25) is 0 Å². The van der Waals surface area contributed by atoms with Crippen LogP contribution in [0.25, 0.3) is 0 Å². The Labute approximate surface area is 149 Å². The van der Waals surface area contributed by atoms with Gasteiger partial charge in [0, 0.05) is 25.6 Å². The summed E-state index contributed by atoms with van der Waals surface area (Å²) in [5, 5.41) is 0. The molecule has 1 aromatic rings. The van der Waals surface area contributed by atoms with Crippen molar-refractivity contribution in [3.8, 4) is 5.75 Å². The number of benzene rings is 1. The van der Waals surface area contributed by atoms with Gasteiger partial charge >= 0.3 is 0 Å². The van der Waals surface area contributed by atoms with Crippen LogP contribution in [0.1, 0.15) is 25.3 Å². The minimum absolute atomic E-state index is 0.0972. The highest BCUT2D eigenvalue weighted by molar-refractivity contribution is 5.82. The van der Waals surface area contributed by atoms with Crippen LogP contribution in [0, 0.1) is 12.8 Å². The van der Waals surface area contributed by atoms with Crippen molar-refractivity contribution in [1.82, 2.24) is 9.80 Å². The van der Waals surface area contributed by atoms with Crippen molar-refractivity contribution in [2.75, 3.05) is 33.3 Å². The molecule has 1 aliphatic rings. The number of carbonyl (C=O) groups excluding carboxylic acids is 2. The van der Waals surface area contributed by atoms with E-state index in [0.29, 0.717) is 39.1 Å². The molecule has 0 saturated carbocycles. The van der Waals surface area contributed by atoms with Crippen LogP contribution in [0.4, 0.5) is 0 Å². The van der Waals surface area contributed by atoms with Crippen LogP contribution in [0.5, 0.6) is 5.75 Å². The Morgan fingerprint density at radius 1 is 1.28 bits per heavy atom. The number of hydrogen-bond donors (Lipinski definition) is 1. The molecule has 25 heavy (non-hydrogen) atoms. The predicted molar refractivity (Wildman–Crippen MR) is 97.3 cm³/mol. The normalized spacial score (nSPS) is 16.7. The second-order valence-electron chi connectivity index (χ2n) is 6.82. The molecule has 1 aliphatic heterocycles. The molecule has 2 amide bonds. The van der Waals surface area contributed by atoms with Gasteiger partial charge in [-0.25, -0.2) is 0 Å². The summed E-state index contributed by atoms with van der Waals surface area (Å²) >= 11 is 0. The van der Waals surface area contributed by atoms with Crippen molar-refractivity contribution in [2.24, 2.45) is 11.7 Å². The van der Waals surface area contributed by atoms with Crippen molar-refractivity contribution in [1.29, 1.82) is 0 Å². The molecule has 138 valence electrons. The zero-order valence-corrected chi connectivity index (χ0v) is 15.4. The number of nitrogens with zero attached hydrogens (tertiary/aromatic N) is 2. The first kappa shape index (κ1) is 19.2. The number of likely N-dealkylation sites (tertiary alicyclic amines) is 1. The summed E-state index contributed by atoms with van der Waals surface area (Å²) in [7, 11) is 1.93. The van der Waals surface area contributed by atoms with Gasteiger partial charge in [0.1, 0.15) is 12.4 Å². The topological polar surface area (TPSA) is 75.9 Å². The molecule has 0 spiro atoms. The molecule has 0 bridgehead atoms. The van der Waals surface area contributed by atoms with Crippen molar-refractivity contribution >= 4 is 11.8 Å². The number of ether oxygens (including phenoxy) is 1. The zero-order chi connectivity index (χ0) is 18.4. The van der Waals surface area contributed by atoms with E-state index in [4.69, 9.17) is 10.5 Å². The molecule has 0 aliphatic carbocycles. The van der Waals surface area contributed by atoms with Gasteiger partial charge in [0.2, 0.25) is 11.8 Å². The first-order chi connectivity index (χ1) is 11.9. The van der Waals surface area contributed by atoms with E-state index in [-0.39, 0.29) is 23.8 Å². The number of rotatable bonds is 7. The van der Waals surface area contributed by atoms with E-state index in [0.717, 1.165) is 5.75 Å². The molecule has 1 heterocycles. The molecular weight excluding hydrogens is 318 g/mol. The number of nitrogens with two attached hydrogens (primary N) is 1. The van der Waals surface area contributed by atoms with Crippen molar-refractivity contribution in [3.05, 3.63) is 29.8 Å². The lowest BCUT2D eigenvalue weighted by molar-refractivity contribution is -0.139. The van der Waals surface area contributed by atoms with E-state index in [1.807, 2.05) is 55.0 Å². The number of hydrogen-bond acceptors (Lipinski definition) is 4. The Kier molecular flexibility index (Phi) is 6.82.